The van der Waals surface area contributed by atoms with Gasteiger partial charge in [-0.15, -0.1) is 0 Å². The van der Waals surface area contributed by atoms with Crippen LogP contribution < -0.4 is 0 Å². The van der Waals surface area contributed by atoms with Crippen LogP contribution in [-0.4, -0.2) is 42.3 Å². The van der Waals surface area contributed by atoms with E-state index in [1.165, 1.54) is 0 Å². The number of hydrogen-bond acceptors (Lipinski definition) is 4. The molecule has 2 atom stereocenters. The quantitative estimate of drug-likeness (QED) is 0.809. The van der Waals surface area contributed by atoms with E-state index in [2.05, 4.69) is 24.0 Å². The highest BCUT2D eigenvalue weighted by Gasteiger charge is 2.50. The van der Waals surface area contributed by atoms with Gasteiger partial charge in [-0.05, 0) is 24.1 Å². The summed E-state index contributed by atoms with van der Waals surface area (Å²) in [7, 11) is 3.30. The fourth-order valence-electron chi connectivity index (χ4n) is 2.81. The third kappa shape index (κ3) is 2.40. The molecule has 2 rings (SSSR count). The Kier molecular flexibility index (Phi) is 4.60. The minimum absolute atomic E-state index is 0.113. The number of rotatable bonds is 6. The smallest absolute Gasteiger partial charge is 0.166 e. The lowest BCUT2D eigenvalue weighted by Crippen LogP contribution is -2.57. The fourth-order valence-corrected chi connectivity index (χ4v) is 2.81. The maximum atomic E-state index is 9.81. The molecule has 0 aromatic heterocycles. The molecule has 1 aromatic rings. The highest BCUT2D eigenvalue weighted by atomic mass is 16.5. The molecule has 0 aliphatic carbocycles. The first-order valence-corrected chi connectivity index (χ1v) is 6.89. The van der Waals surface area contributed by atoms with Gasteiger partial charge in [-0.3, -0.25) is 0 Å². The molecule has 4 nitrogen and oxygen atoms in total. The van der Waals surface area contributed by atoms with Gasteiger partial charge in [-0.1, -0.05) is 37.3 Å². The van der Waals surface area contributed by atoms with Gasteiger partial charge in [-0.25, -0.2) is 4.90 Å². The van der Waals surface area contributed by atoms with Crippen LogP contribution in [0.4, 0.5) is 0 Å². The lowest BCUT2D eigenvalue weighted by molar-refractivity contribution is -0.214. The number of aliphatic hydroxyl groups is 1. The summed E-state index contributed by atoms with van der Waals surface area (Å²) < 4.78 is 11.3. The first-order valence-electron chi connectivity index (χ1n) is 6.89. The van der Waals surface area contributed by atoms with Gasteiger partial charge in [-0.2, -0.15) is 0 Å². The summed E-state index contributed by atoms with van der Waals surface area (Å²) in [5.41, 5.74) is -0.225. The second-order valence-electron chi connectivity index (χ2n) is 5.01. The van der Waals surface area contributed by atoms with Crippen molar-refractivity contribution in [3.05, 3.63) is 48.0 Å². The average Bonchev–Trinajstić information content (AvgIpc) is 2.83. The summed E-state index contributed by atoms with van der Waals surface area (Å²) in [5, 5.41) is 9.81. The molecule has 4 heteroatoms. The fraction of sp³-hybridized carbons (Fsp3) is 0.500. The topological polar surface area (TPSA) is 41.9 Å². The molecular formula is C16H23NO3. The van der Waals surface area contributed by atoms with Crippen molar-refractivity contribution in [2.24, 2.45) is 0 Å². The number of nitrogens with zero attached hydrogens (tertiary/aromatic N) is 1. The van der Waals surface area contributed by atoms with Gasteiger partial charge in [0.15, 0.2) is 5.72 Å². The van der Waals surface area contributed by atoms with Crippen LogP contribution in [-0.2, 0) is 16.0 Å². The van der Waals surface area contributed by atoms with Crippen molar-refractivity contribution in [2.45, 2.75) is 31.3 Å². The van der Waals surface area contributed by atoms with Crippen molar-refractivity contribution in [1.82, 2.24) is 4.90 Å². The molecule has 2 unspecified atom stereocenters. The number of benzene rings is 1. The van der Waals surface area contributed by atoms with Gasteiger partial charge < -0.3 is 14.6 Å². The van der Waals surface area contributed by atoms with E-state index in [1.54, 1.807) is 14.2 Å². The van der Waals surface area contributed by atoms with E-state index in [9.17, 15) is 5.11 Å². The molecule has 0 saturated carbocycles. The maximum absolute atomic E-state index is 9.81. The van der Waals surface area contributed by atoms with Crippen molar-refractivity contribution in [2.75, 3.05) is 20.8 Å². The highest BCUT2D eigenvalue weighted by Crippen LogP contribution is 2.39. The van der Waals surface area contributed by atoms with E-state index in [0.717, 1.165) is 12.0 Å². The summed E-state index contributed by atoms with van der Waals surface area (Å²) in [4.78, 5) is 2.06. The Bertz CT molecular complexity index is 428. The Morgan fingerprint density at radius 3 is 2.15 bits per heavy atom. The minimum Gasteiger partial charge on any atom is -0.392 e. The van der Waals surface area contributed by atoms with Gasteiger partial charge in [0.2, 0.25) is 0 Å². The third-order valence-corrected chi connectivity index (χ3v) is 4.14. The van der Waals surface area contributed by atoms with Crippen LogP contribution in [0.1, 0.15) is 18.9 Å². The van der Waals surface area contributed by atoms with Crippen LogP contribution in [0.3, 0.4) is 0 Å². The number of aliphatic hydroxyl groups excluding tert-OH is 1. The van der Waals surface area contributed by atoms with Gasteiger partial charge in [0.05, 0.1) is 6.61 Å². The van der Waals surface area contributed by atoms with Crippen LogP contribution >= 0.6 is 0 Å². The monoisotopic (exact) mass is 277 g/mol. The Balaban J connectivity index is 2.36. The lowest BCUT2D eigenvalue weighted by atomic mass is 10.1. The molecule has 0 radical (unpaired) electrons. The lowest BCUT2D eigenvalue weighted by Gasteiger charge is -2.44. The Hall–Kier alpha value is -1.20. The zero-order chi connectivity index (χ0) is 14.6. The van der Waals surface area contributed by atoms with Crippen LogP contribution in [0.25, 0.3) is 0 Å². The van der Waals surface area contributed by atoms with Crippen molar-refractivity contribution in [1.29, 1.82) is 0 Å². The Morgan fingerprint density at radius 1 is 1.05 bits per heavy atom. The maximum Gasteiger partial charge on any atom is 0.166 e. The Morgan fingerprint density at radius 2 is 1.65 bits per heavy atom. The van der Waals surface area contributed by atoms with Crippen molar-refractivity contribution >= 4 is 0 Å². The number of ether oxygens (including phenoxy) is 2. The molecule has 0 bridgehead atoms. The van der Waals surface area contributed by atoms with Crippen LogP contribution in [0, 0.1) is 0 Å². The van der Waals surface area contributed by atoms with Gasteiger partial charge in [0.25, 0.3) is 0 Å². The summed E-state index contributed by atoms with van der Waals surface area (Å²) in [6.45, 7) is 2.59. The van der Waals surface area contributed by atoms with E-state index in [4.69, 9.17) is 9.47 Å². The average molecular weight is 277 g/mol. The molecule has 1 aromatic carbocycles. The van der Waals surface area contributed by atoms with Crippen LogP contribution in [0.2, 0.25) is 0 Å². The molecule has 110 valence electrons. The predicted molar refractivity (Wildman–Crippen MR) is 78.0 cm³/mol. The van der Waals surface area contributed by atoms with E-state index >= 15 is 0 Å². The molecule has 1 N–H and O–H groups in total. The zero-order valence-corrected chi connectivity index (χ0v) is 12.4. The zero-order valence-electron chi connectivity index (χ0n) is 12.4. The first-order chi connectivity index (χ1) is 9.66. The van der Waals surface area contributed by atoms with E-state index in [0.29, 0.717) is 6.54 Å². The van der Waals surface area contributed by atoms with Gasteiger partial charge in [0, 0.05) is 20.8 Å². The molecule has 1 aliphatic heterocycles. The largest absolute Gasteiger partial charge is 0.392 e. The van der Waals surface area contributed by atoms with E-state index < -0.39 is 11.4 Å². The van der Waals surface area contributed by atoms with E-state index in [1.807, 2.05) is 30.4 Å². The van der Waals surface area contributed by atoms with Gasteiger partial charge >= 0.3 is 0 Å². The molecule has 1 aliphatic rings. The highest BCUT2D eigenvalue weighted by molar-refractivity contribution is 5.23. The predicted octanol–water partition coefficient (Wildman–Crippen LogP) is 2.15. The Labute approximate surface area is 120 Å². The molecule has 1 heterocycles. The second-order valence-corrected chi connectivity index (χ2v) is 5.01. The minimum atomic E-state index is -0.831. The molecule has 0 amide bonds. The molecule has 20 heavy (non-hydrogen) atoms. The normalized spacial score (nSPS) is 30.0. The number of hydrogen-bond donors (Lipinski definition) is 1. The third-order valence-electron chi connectivity index (χ3n) is 4.14. The molecular weight excluding hydrogens is 254 g/mol. The van der Waals surface area contributed by atoms with Crippen molar-refractivity contribution < 1.29 is 14.6 Å². The second kappa shape index (κ2) is 6.06. The van der Waals surface area contributed by atoms with Gasteiger partial charge in [0.1, 0.15) is 5.72 Å². The van der Waals surface area contributed by atoms with Crippen LogP contribution in [0.5, 0.6) is 0 Å². The molecule has 0 saturated heterocycles. The SMILES string of the molecule is CCC1(OC)C=CC(CO)(OC)N1Cc1ccccc1. The van der Waals surface area contributed by atoms with Crippen molar-refractivity contribution in [3.63, 3.8) is 0 Å². The van der Waals surface area contributed by atoms with E-state index in [-0.39, 0.29) is 6.61 Å². The standard InChI is InChI=1S/C16H23NO3/c1-4-15(19-2)10-11-16(13-18,20-3)17(15)12-14-8-6-5-7-9-14/h5-11,18H,4,12-13H2,1-3H3. The number of methoxy groups -OCH3 is 2. The summed E-state index contributed by atoms with van der Waals surface area (Å²) >= 11 is 0. The van der Waals surface area contributed by atoms with Crippen LogP contribution in [0.15, 0.2) is 42.5 Å². The first kappa shape index (κ1) is 15.2. The summed E-state index contributed by atoms with van der Waals surface area (Å²) in [5.74, 6) is 0. The van der Waals surface area contributed by atoms with Crippen molar-refractivity contribution in [3.8, 4) is 0 Å². The molecule has 0 spiro atoms. The summed E-state index contributed by atoms with van der Waals surface area (Å²) in [6, 6.07) is 10.1. The summed E-state index contributed by atoms with van der Waals surface area (Å²) in [6.07, 6.45) is 4.65. The molecule has 0 fully saturated rings.